The second-order valence-electron chi connectivity index (χ2n) is 6.84. The zero-order valence-electron chi connectivity index (χ0n) is 14.7. The summed E-state index contributed by atoms with van der Waals surface area (Å²) in [6.45, 7) is 4.05. The molecule has 6 nitrogen and oxygen atoms in total. The van der Waals surface area contributed by atoms with Crippen molar-refractivity contribution >= 4 is 23.4 Å². The first-order valence-corrected chi connectivity index (χ1v) is 8.97. The summed E-state index contributed by atoms with van der Waals surface area (Å²) in [5.74, 6) is 0.0850. The number of anilines is 1. The molecule has 3 rings (SSSR count). The van der Waals surface area contributed by atoms with E-state index in [1.807, 2.05) is 24.3 Å². The molecule has 0 aliphatic carbocycles. The minimum absolute atomic E-state index is 0.00440. The SMILES string of the molecule is CC(=O)N1CCC[C@H](C(=O)NCc2ccc(N3CCCC3=O)cc2)C1. The molecule has 0 bridgehead atoms. The summed E-state index contributed by atoms with van der Waals surface area (Å²) >= 11 is 0. The third-order valence-electron chi connectivity index (χ3n) is 5.03. The van der Waals surface area contributed by atoms with Gasteiger partial charge >= 0.3 is 0 Å². The summed E-state index contributed by atoms with van der Waals surface area (Å²) < 4.78 is 0. The molecule has 1 N–H and O–H groups in total. The highest BCUT2D eigenvalue weighted by molar-refractivity contribution is 5.95. The molecule has 2 heterocycles. The Morgan fingerprint density at radius 2 is 1.92 bits per heavy atom. The summed E-state index contributed by atoms with van der Waals surface area (Å²) in [6, 6.07) is 7.76. The average Bonchev–Trinajstić information content (AvgIpc) is 3.06. The van der Waals surface area contributed by atoms with Crippen LogP contribution in [0.1, 0.15) is 38.2 Å². The van der Waals surface area contributed by atoms with Crippen molar-refractivity contribution in [2.24, 2.45) is 5.92 Å². The van der Waals surface area contributed by atoms with Gasteiger partial charge in [0.1, 0.15) is 0 Å². The number of piperidine rings is 1. The van der Waals surface area contributed by atoms with E-state index in [1.54, 1.807) is 16.7 Å². The van der Waals surface area contributed by atoms with Gasteiger partial charge in [0.15, 0.2) is 0 Å². The van der Waals surface area contributed by atoms with E-state index in [9.17, 15) is 14.4 Å². The maximum atomic E-state index is 12.4. The molecule has 2 aliphatic rings. The van der Waals surface area contributed by atoms with Gasteiger partial charge in [-0.15, -0.1) is 0 Å². The Bertz CT molecular complexity index is 656. The van der Waals surface area contributed by atoms with Crippen molar-refractivity contribution in [3.8, 4) is 0 Å². The Morgan fingerprint density at radius 3 is 2.56 bits per heavy atom. The number of nitrogens with zero attached hydrogens (tertiary/aromatic N) is 2. The minimum atomic E-state index is -0.126. The number of carbonyl (C=O) groups excluding carboxylic acids is 3. The van der Waals surface area contributed by atoms with Crippen LogP contribution in [0, 0.1) is 5.92 Å². The van der Waals surface area contributed by atoms with Crippen LogP contribution < -0.4 is 10.2 Å². The van der Waals surface area contributed by atoms with Crippen LogP contribution in [0.3, 0.4) is 0 Å². The van der Waals surface area contributed by atoms with Gasteiger partial charge < -0.3 is 15.1 Å². The molecule has 1 aromatic rings. The van der Waals surface area contributed by atoms with Crippen LogP contribution in [-0.4, -0.2) is 42.3 Å². The molecule has 6 heteroatoms. The second-order valence-corrected chi connectivity index (χ2v) is 6.84. The number of likely N-dealkylation sites (tertiary alicyclic amines) is 1. The fourth-order valence-electron chi connectivity index (χ4n) is 3.53. The lowest BCUT2D eigenvalue weighted by molar-refractivity contribution is -0.134. The third kappa shape index (κ3) is 4.18. The number of benzene rings is 1. The average molecular weight is 343 g/mol. The van der Waals surface area contributed by atoms with E-state index >= 15 is 0 Å². The van der Waals surface area contributed by atoms with Crippen LogP contribution in [0.15, 0.2) is 24.3 Å². The molecule has 0 spiro atoms. The fourth-order valence-corrected chi connectivity index (χ4v) is 3.53. The molecular weight excluding hydrogens is 318 g/mol. The number of nitrogens with one attached hydrogen (secondary N) is 1. The van der Waals surface area contributed by atoms with E-state index in [4.69, 9.17) is 0 Å². The summed E-state index contributed by atoms with van der Waals surface area (Å²) in [5.41, 5.74) is 1.92. The van der Waals surface area contributed by atoms with E-state index in [0.717, 1.165) is 43.6 Å². The van der Waals surface area contributed by atoms with Crippen LogP contribution in [0.25, 0.3) is 0 Å². The normalized spacial score (nSPS) is 20.7. The van der Waals surface area contributed by atoms with Crippen molar-refractivity contribution in [2.75, 3.05) is 24.5 Å². The first-order valence-electron chi connectivity index (χ1n) is 8.97. The zero-order valence-corrected chi connectivity index (χ0v) is 14.7. The van der Waals surface area contributed by atoms with Crippen LogP contribution in [0.4, 0.5) is 5.69 Å². The van der Waals surface area contributed by atoms with Crippen molar-refractivity contribution in [3.63, 3.8) is 0 Å². The van der Waals surface area contributed by atoms with Crippen molar-refractivity contribution in [1.82, 2.24) is 10.2 Å². The molecule has 2 fully saturated rings. The molecule has 0 radical (unpaired) electrons. The Balaban J connectivity index is 1.52. The number of hydrogen-bond acceptors (Lipinski definition) is 3. The minimum Gasteiger partial charge on any atom is -0.352 e. The number of hydrogen-bond donors (Lipinski definition) is 1. The van der Waals surface area contributed by atoms with Gasteiger partial charge in [-0.1, -0.05) is 12.1 Å². The van der Waals surface area contributed by atoms with Gasteiger partial charge in [0.05, 0.1) is 5.92 Å². The van der Waals surface area contributed by atoms with Crippen LogP contribution in [-0.2, 0) is 20.9 Å². The molecule has 1 atom stereocenters. The lowest BCUT2D eigenvalue weighted by atomic mass is 9.97. The van der Waals surface area contributed by atoms with E-state index in [-0.39, 0.29) is 23.6 Å². The maximum absolute atomic E-state index is 12.4. The van der Waals surface area contributed by atoms with Crippen molar-refractivity contribution in [3.05, 3.63) is 29.8 Å². The molecule has 2 aliphatic heterocycles. The van der Waals surface area contributed by atoms with Gasteiger partial charge in [-0.2, -0.15) is 0 Å². The molecule has 3 amide bonds. The van der Waals surface area contributed by atoms with E-state index < -0.39 is 0 Å². The Kier molecular flexibility index (Phi) is 5.36. The predicted molar refractivity (Wildman–Crippen MR) is 94.9 cm³/mol. The Hall–Kier alpha value is -2.37. The van der Waals surface area contributed by atoms with Gasteiger partial charge in [0.25, 0.3) is 0 Å². The van der Waals surface area contributed by atoms with Gasteiger partial charge in [-0.25, -0.2) is 0 Å². The quantitative estimate of drug-likeness (QED) is 0.904. The van der Waals surface area contributed by atoms with Crippen LogP contribution >= 0.6 is 0 Å². The third-order valence-corrected chi connectivity index (χ3v) is 5.03. The van der Waals surface area contributed by atoms with Crippen molar-refractivity contribution in [1.29, 1.82) is 0 Å². The molecule has 25 heavy (non-hydrogen) atoms. The monoisotopic (exact) mass is 343 g/mol. The molecule has 0 saturated carbocycles. The maximum Gasteiger partial charge on any atom is 0.227 e. The zero-order chi connectivity index (χ0) is 17.8. The standard InChI is InChI=1S/C19H25N3O3/c1-14(23)21-10-2-4-16(13-21)19(25)20-12-15-6-8-17(9-7-15)22-11-3-5-18(22)24/h6-9,16H,2-5,10-13H2,1H3,(H,20,25)/t16-/m0/s1. The van der Waals surface area contributed by atoms with E-state index in [0.29, 0.717) is 19.5 Å². The molecule has 2 saturated heterocycles. The van der Waals surface area contributed by atoms with Crippen molar-refractivity contribution in [2.45, 2.75) is 39.2 Å². The second kappa shape index (κ2) is 7.68. The molecular formula is C19H25N3O3. The highest BCUT2D eigenvalue weighted by atomic mass is 16.2. The first kappa shape index (κ1) is 17.5. The van der Waals surface area contributed by atoms with Crippen molar-refractivity contribution < 1.29 is 14.4 Å². The number of amides is 3. The lowest BCUT2D eigenvalue weighted by Gasteiger charge is -2.31. The predicted octanol–water partition coefficient (Wildman–Crippen LogP) is 1.69. The summed E-state index contributed by atoms with van der Waals surface area (Å²) in [7, 11) is 0. The van der Waals surface area contributed by atoms with Gasteiger partial charge in [-0.3, -0.25) is 14.4 Å². The van der Waals surface area contributed by atoms with Crippen LogP contribution in [0.2, 0.25) is 0 Å². The Labute approximate surface area is 148 Å². The summed E-state index contributed by atoms with van der Waals surface area (Å²) in [4.78, 5) is 39.2. The molecule has 1 aromatic carbocycles. The number of carbonyl (C=O) groups is 3. The highest BCUT2D eigenvalue weighted by Crippen LogP contribution is 2.22. The smallest absolute Gasteiger partial charge is 0.227 e. The van der Waals surface area contributed by atoms with Gasteiger partial charge in [0, 0.05) is 45.2 Å². The van der Waals surface area contributed by atoms with Crippen LogP contribution in [0.5, 0.6) is 0 Å². The largest absolute Gasteiger partial charge is 0.352 e. The van der Waals surface area contributed by atoms with Gasteiger partial charge in [0.2, 0.25) is 17.7 Å². The first-order chi connectivity index (χ1) is 12.0. The summed E-state index contributed by atoms with van der Waals surface area (Å²) in [6.07, 6.45) is 3.23. The van der Waals surface area contributed by atoms with E-state index in [1.165, 1.54) is 0 Å². The molecule has 0 aromatic heterocycles. The fraction of sp³-hybridized carbons (Fsp3) is 0.526. The number of rotatable bonds is 4. The summed E-state index contributed by atoms with van der Waals surface area (Å²) in [5, 5.41) is 2.97. The molecule has 0 unspecified atom stereocenters. The van der Waals surface area contributed by atoms with Gasteiger partial charge in [-0.05, 0) is 37.0 Å². The molecule has 134 valence electrons. The van der Waals surface area contributed by atoms with E-state index in [2.05, 4.69) is 5.32 Å². The lowest BCUT2D eigenvalue weighted by Crippen LogP contribution is -2.44. The topological polar surface area (TPSA) is 69.7 Å². The Morgan fingerprint density at radius 1 is 1.16 bits per heavy atom. The highest BCUT2D eigenvalue weighted by Gasteiger charge is 2.26.